The van der Waals surface area contributed by atoms with Crippen LogP contribution in [0.15, 0.2) is 31.4 Å². The van der Waals surface area contributed by atoms with Crippen LogP contribution >= 0.6 is 0 Å². The molecule has 0 saturated heterocycles. The van der Waals surface area contributed by atoms with Crippen LogP contribution in [0.4, 0.5) is 0 Å². The maximum atomic E-state index is 3.00. The zero-order valence-electron chi connectivity index (χ0n) is 11.1. The smallest absolute Gasteiger partial charge is 0.0281 e. The molecule has 0 spiro atoms. The van der Waals surface area contributed by atoms with Crippen LogP contribution in [0.2, 0.25) is 0 Å². The molecular formula is C15H26. The van der Waals surface area contributed by atoms with Crippen molar-refractivity contribution in [3.8, 4) is 0 Å². The molecule has 0 N–H and O–H groups in total. The molecule has 0 aliphatic rings. The molecule has 0 bridgehead atoms. The first-order valence-electron chi connectivity index (χ1n) is 5.79. The Morgan fingerprint density at radius 1 is 0.933 bits per heavy atom. The minimum atomic E-state index is 1.21. The van der Waals surface area contributed by atoms with Crippen LogP contribution in [0, 0.1) is 13.8 Å². The number of aryl methyl sites for hydroxylation is 3. The Kier molecular flexibility index (Phi) is 12.1. The van der Waals surface area contributed by atoms with Crippen molar-refractivity contribution in [2.75, 3.05) is 0 Å². The number of hydrogen-bond donors (Lipinski definition) is 0. The van der Waals surface area contributed by atoms with E-state index in [1.54, 1.807) is 0 Å². The lowest BCUT2D eigenvalue weighted by atomic mass is 10.0. The molecule has 0 amide bonds. The van der Waals surface area contributed by atoms with E-state index >= 15 is 0 Å². The van der Waals surface area contributed by atoms with Crippen molar-refractivity contribution < 1.29 is 0 Å². The molecule has 15 heavy (non-hydrogen) atoms. The van der Waals surface area contributed by atoms with E-state index in [1.165, 1.54) is 29.5 Å². The van der Waals surface area contributed by atoms with Gasteiger partial charge in [-0.25, -0.2) is 0 Å². The van der Waals surface area contributed by atoms with Crippen molar-refractivity contribution in [3.63, 3.8) is 0 Å². The van der Waals surface area contributed by atoms with Gasteiger partial charge in [-0.3, -0.25) is 0 Å². The van der Waals surface area contributed by atoms with E-state index in [0.717, 1.165) is 0 Å². The molecule has 0 heteroatoms. The second-order valence-corrected chi connectivity index (χ2v) is 3.25. The van der Waals surface area contributed by atoms with Crippen molar-refractivity contribution in [3.05, 3.63) is 48.0 Å². The number of rotatable bonds is 2. The summed E-state index contributed by atoms with van der Waals surface area (Å²) in [6, 6.07) is 6.77. The largest absolute Gasteiger partial charge is 0.106 e. The molecule has 1 aromatic rings. The van der Waals surface area contributed by atoms with E-state index < -0.39 is 0 Å². The van der Waals surface area contributed by atoms with Gasteiger partial charge in [-0.2, -0.15) is 0 Å². The molecule has 0 atom stereocenters. The highest BCUT2D eigenvalue weighted by atomic mass is 14.0. The highest BCUT2D eigenvalue weighted by Crippen LogP contribution is 2.10. The van der Waals surface area contributed by atoms with E-state index in [1.807, 2.05) is 13.8 Å². The minimum Gasteiger partial charge on any atom is -0.106 e. The van der Waals surface area contributed by atoms with Crippen molar-refractivity contribution in [1.82, 2.24) is 0 Å². The van der Waals surface area contributed by atoms with Gasteiger partial charge in [-0.1, -0.05) is 56.5 Å². The fourth-order valence-electron chi connectivity index (χ4n) is 1.50. The molecule has 0 fully saturated rings. The van der Waals surface area contributed by atoms with Crippen molar-refractivity contribution in [1.29, 1.82) is 0 Å². The Morgan fingerprint density at radius 3 is 1.67 bits per heavy atom. The Hall–Kier alpha value is -1.04. The van der Waals surface area contributed by atoms with Gasteiger partial charge in [-0.15, -0.1) is 13.2 Å². The highest BCUT2D eigenvalue weighted by molar-refractivity contribution is 5.28. The molecule has 0 unspecified atom stereocenters. The molecule has 0 aliphatic carbocycles. The Labute approximate surface area is 96.0 Å². The van der Waals surface area contributed by atoms with Crippen molar-refractivity contribution in [2.45, 2.75) is 47.5 Å². The third-order valence-corrected chi connectivity index (χ3v) is 1.82. The summed E-state index contributed by atoms with van der Waals surface area (Å²) in [4.78, 5) is 0. The van der Waals surface area contributed by atoms with E-state index in [0.29, 0.717) is 0 Å². The monoisotopic (exact) mass is 206 g/mol. The van der Waals surface area contributed by atoms with Gasteiger partial charge >= 0.3 is 0 Å². The molecule has 0 nitrogen and oxygen atoms in total. The van der Waals surface area contributed by atoms with Gasteiger partial charge < -0.3 is 0 Å². The van der Waals surface area contributed by atoms with Crippen LogP contribution < -0.4 is 0 Å². The summed E-state index contributed by atoms with van der Waals surface area (Å²) in [6.45, 7) is 16.5. The lowest BCUT2D eigenvalue weighted by Crippen LogP contribution is -1.86. The normalized spacial score (nSPS) is 8.07. The summed E-state index contributed by atoms with van der Waals surface area (Å²) < 4.78 is 0. The van der Waals surface area contributed by atoms with E-state index in [4.69, 9.17) is 0 Å². The average molecular weight is 206 g/mol. The first-order chi connectivity index (χ1) is 7.22. The molecule has 0 heterocycles. The second-order valence-electron chi connectivity index (χ2n) is 3.25. The predicted octanol–water partition coefficient (Wildman–Crippen LogP) is 5.08. The van der Waals surface area contributed by atoms with Crippen LogP contribution in [-0.2, 0) is 6.42 Å². The predicted molar refractivity (Wildman–Crippen MR) is 72.5 cm³/mol. The molecule has 0 saturated carbocycles. The molecule has 86 valence electrons. The zero-order valence-corrected chi connectivity index (χ0v) is 11.1. The van der Waals surface area contributed by atoms with E-state index in [2.05, 4.69) is 52.1 Å². The fourth-order valence-corrected chi connectivity index (χ4v) is 1.50. The summed E-state index contributed by atoms with van der Waals surface area (Å²) in [5.74, 6) is 0. The Bertz CT molecular complexity index is 228. The number of hydrogen-bond acceptors (Lipinski definition) is 0. The fraction of sp³-hybridized carbons (Fsp3) is 0.467. The Morgan fingerprint density at radius 2 is 1.33 bits per heavy atom. The first kappa shape index (κ1) is 16.4. The van der Waals surface area contributed by atoms with Gasteiger partial charge in [0, 0.05) is 0 Å². The quantitative estimate of drug-likeness (QED) is 0.592. The van der Waals surface area contributed by atoms with Crippen molar-refractivity contribution in [2.24, 2.45) is 0 Å². The first-order valence-corrected chi connectivity index (χ1v) is 5.79. The molecule has 1 aromatic carbocycles. The molecule has 0 aromatic heterocycles. The standard InChI is InChI=1S/C11H16.C2H6.C2H4/c1-4-5-11-7-9(2)6-10(3)8-11;2*1-2/h6-8H,4-5H2,1-3H3;1-2H3;1-2H2. The van der Waals surface area contributed by atoms with Gasteiger partial charge in [-0.05, 0) is 25.8 Å². The molecule has 0 aliphatic heterocycles. The second kappa shape index (κ2) is 11.0. The maximum Gasteiger partial charge on any atom is -0.0281 e. The lowest BCUT2D eigenvalue weighted by Gasteiger charge is -2.02. The van der Waals surface area contributed by atoms with E-state index in [-0.39, 0.29) is 0 Å². The highest BCUT2D eigenvalue weighted by Gasteiger charge is 1.93. The van der Waals surface area contributed by atoms with Crippen LogP contribution in [0.5, 0.6) is 0 Å². The van der Waals surface area contributed by atoms with Gasteiger partial charge in [0.2, 0.25) is 0 Å². The molecule has 1 rings (SSSR count). The van der Waals surface area contributed by atoms with Crippen LogP contribution in [0.25, 0.3) is 0 Å². The third-order valence-electron chi connectivity index (χ3n) is 1.82. The lowest BCUT2D eigenvalue weighted by molar-refractivity contribution is 0.918. The van der Waals surface area contributed by atoms with Gasteiger partial charge in [0.1, 0.15) is 0 Å². The summed E-state index contributed by atoms with van der Waals surface area (Å²) in [5, 5.41) is 0. The van der Waals surface area contributed by atoms with E-state index in [9.17, 15) is 0 Å². The van der Waals surface area contributed by atoms with Crippen LogP contribution in [-0.4, -0.2) is 0 Å². The summed E-state index contributed by atoms with van der Waals surface area (Å²) in [5.41, 5.74) is 4.24. The van der Waals surface area contributed by atoms with Gasteiger partial charge in [0.05, 0.1) is 0 Å². The topological polar surface area (TPSA) is 0 Å². The third kappa shape index (κ3) is 7.99. The summed E-state index contributed by atoms with van der Waals surface area (Å²) >= 11 is 0. The average Bonchev–Trinajstić information content (AvgIpc) is 2.23. The summed E-state index contributed by atoms with van der Waals surface area (Å²) in [7, 11) is 0. The molecular weight excluding hydrogens is 180 g/mol. The molecule has 0 radical (unpaired) electrons. The number of benzene rings is 1. The summed E-state index contributed by atoms with van der Waals surface area (Å²) in [6.07, 6.45) is 2.45. The van der Waals surface area contributed by atoms with Gasteiger partial charge in [0.15, 0.2) is 0 Å². The van der Waals surface area contributed by atoms with Crippen LogP contribution in [0.3, 0.4) is 0 Å². The SMILES string of the molecule is C=C.CC.CCCc1cc(C)cc(C)c1. The minimum absolute atomic E-state index is 1.21. The van der Waals surface area contributed by atoms with Crippen molar-refractivity contribution >= 4 is 0 Å². The van der Waals surface area contributed by atoms with Crippen LogP contribution in [0.1, 0.15) is 43.9 Å². The maximum absolute atomic E-state index is 3.00. The van der Waals surface area contributed by atoms with Gasteiger partial charge in [0.25, 0.3) is 0 Å². The zero-order chi connectivity index (χ0) is 12.3. The Balaban J connectivity index is 0.